The van der Waals surface area contributed by atoms with Gasteiger partial charge in [-0.2, -0.15) is 0 Å². The summed E-state index contributed by atoms with van der Waals surface area (Å²) >= 11 is 3.14. The lowest BCUT2D eigenvalue weighted by Gasteiger charge is -2.12. The molecule has 0 spiro atoms. The average Bonchev–Trinajstić information content (AvgIpc) is 2.25. The summed E-state index contributed by atoms with van der Waals surface area (Å²) in [6, 6.07) is 4.38. The van der Waals surface area contributed by atoms with Crippen molar-refractivity contribution in [1.82, 2.24) is 0 Å². The molecular weight excluding hydrogens is 346 g/mol. The first kappa shape index (κ1) is 15.3. The number of carbonyl (C=O) groups is 1. The molecule has 1 amide bonds. The molecular formula is C10H11BrClNO4S. The SMILES string of the molecule is CC(COc1ccc(Br)cc1S(=O)(=O)Cl)C(N)=O. The molecule has 0 heterocycles. The zero-order valence-electron chi connectivity index (χ0n) is 9.39. The van der Waals surface area contributed by atoms with Gasteiger partial charge >= 0.3 is 0 Å². The van der Waals surface area contributed by atoms with E-state index in [9.17, 15) is 13.2 Å². The number of benzene rings is 1. The highest BCUT2D eigenvalue weighted by molar-refractivity contribution is 9.10. The Morgan fingerprint density at radius 2 is 2.17 bits per heavy atom. The maximum absolute atomic E-state index is 11.4. The first-order chi connectivity index (χ1) is 8.21. The van der Waals surface area contributed by atoms with Gasteiger partial charge in [0.05, 0.1) is 12.5 Å². The summed E-state index contributed by atoms with van der Waals surface area (Å²) in [7, 11) is 1.37. The Morgan fingerprint density at radius 3 is 2.67 bits per heavy atom. The molecule has 1 rings (SSSR count). The molecule has 0 saturated carbocycles. The molecule has 100 valence electrons. The van der Waals surface area contributed by atoms with Crippen LogP contribution in [0.5, 0.6) is 5.75 Å². The average molecular weight is 357 g/mol. The van der Waals surface area contributed by atoms with Gasteiger partial charge in [-0.25, -0.2) is 8.42 Å². The highest BCUT2D eigenvalue weighted by atomic mass is 79.9. The Kier molecular flexibility index (Phi) is 5.01. The molecule has 0 saturated heterocycles. The molecule has 2 N–H and O–H groups in total. The zero-order valence-corrected chi connectivity index (χ0v) is 12.5. The highest BCUT2D eigenvalue weighted by Gasteiger charge is 2.19. The van der Waals surface area contributed by atoms with Crippen LogP contribution in [0.1, 0.15) is 6.92 Å². The van der Waals surface area contributed by atoms with Crippen LogP contribution in [0.3, 0.4) is 0 Å². The van der Waals surface area contributed by atoms with E-state index >= 15 is 0 Å². The smallest absolute Gasteiger partial charge is 0.265 e. The lowest BCUT2D eigenvalue weighted by molar-refractivity contribution is -0.122. The lowest BCUT2D eigenvalue weighted by Crippen LogP contribution is -2.26. The summed E-state index contributed by atoms with van der Waals surface area (Å²) in [6.07, 6.45) is 0. The molecule has 8 heteroatoms. The minimum absolute atomic E-state index is 0.0175. The van der Waals surface area contributed by atoms with E-state index < -0.39 is 20.9 Å². The summed E-state index contributed by atoms with van der Waals surface area (Å²) in [5.41, 5.74) is 5.08. The number of ether oxygens (including phenoxy) is 1. The van der Waals surface area contributed by atoms with E-state index in [0.717, 1.165) is 0 Å². The van der Waals surface area contributed by atoms with Crippen LogP contribution in [-0.4, -0.2) is 20.9 Å². The number of rotatable bonds is 5. The number of hydrogen-bond donors (Lipinski definition) is 1. The minimum Gasteiger partial charge on any atom is -0.491 e. The molecule has 1 aromatic rings. The Labute approximate surface area is 118 Å². The van der Waals surface area contributed by atoms with E-state index in [2.05, 4.69) is 15.9 Å². The van der Waals surface area contributed by atoms with Gasteiger partial charge in [0, 0.05) is 15.2 Å². The topological polar surface area (TPSA) is 86.5 Å². The van der Waals surface area contributed by atoms with Crippen molar-refractivity contribution in [2.75, 3.05) is 6.61 Å². The van der Waals surface area contributed by atoms with Crippen LogP contribution in [0.2, 0.25) is 0 Å². The van der Waals surface area contributed by atoms with Crippen LogP contribution in [0.15, 0.2) is 27.6 Å². The lowest BCUT2D eigenvalue weighted by atomic mass is 10.2. The zero-order chi connectivity index (χ0) is 13.9. The first-order valence-corrected chi connectivity index (χ1v) is 7.98. The molecule has 5 nitrogen and oxygen atoms in total. The quantitative estimate of drug-likeness (QED) is 0.816. The third-order valence-electron chi connectivity index (χ3n) is 2.14. The van der Waals surface area contributed by atoms with E-state index in [1.807, 2.05) is 0 Å². The number of hydrogen-bond acceptors (Lipinski definition) is 4. The van der Waals surface area contributed by atoms with Crippen LogP contribution in [0.25, 0.3) is 0 Å². The third-order valence-corrected chi connectivity index (χ3v) is 3.98. The van der Waals surface area contributed by atoms with E-state index in [-0.39, 0.29) is 17.3 Å². The van der Waals surface area contributed by atoms with Crippen molar-refractivity contribution in [2.24, 2.45) is 11.7 Å². The molecule has 1 atom stereocenters. The van der Waals surface area contributed by atoms with Gasteiger partial charge < -0.3 is 10.5 Å². The number of halogens is 2. The van der Waals surface area contributed by atoms with Crippen LogP contribution >= 0.6 is 26.6 Å². The predicted molar refractivity (Wildman–Crippen MR) is 71.0 cm³/mol. The summed E-state index contributed by atoms with van der Waals surface area (Å²) in [4.78, 5) is 10.7. The monoisotopic (exact) mass is 355 g/mol. The van der Waals surface area contributed by atoms with Crippen molar-refractivity contribution in [3.8, 4) is 5.75 Å². The van der Waals surface area contributed by atoms with Crippen molar-refractivity contribution in [1.29, 1.82) is 0 Å². The van der Waals surface area contributed by atoms with Crippen molar-refractivity contribution >= 4 is 41.6 Å². The fraction of sp³-hybridized carbons (Fsp3) is 0.300. The van der Waals surface area contributed by atoms with Gasteiger partial charge in [0.25, 0.3) is 9.05 Å². The Morgan fingerprint density at radius 1 is 1.56 bits per heavy atom. The summed E-state index contributed by atoms with van der Waals surface area (Å²) in [6.45, 7) is 1.56. The van der Waals surface area contributed by atoms with Gasteiger partial charge in [0.1, 0.15) is 10.6 Å². The van der Waals surface area contributed by atoms with Crippen LogP contribution in [0.4, 0.5) is 0 Å². The van der Waals surface area contributed by atoms with Gasteiger partial charge in [0.15, 0.2) is 0 Å². The molecule has 0 radical (unpaired) electrons. The molecule has 0 aliphatic heterocycles. The molecule has 0 aliphatic carbocycles. The molecule has 18 heavy (non-hydrogen) atoms. The standard InChI is InChI=1S/C10H11BrClNO4S/c1-6(10(13)14)5-17-8-3-2-7(11)4-9(8)18(12,15)16/h2-4,6H,5H2,1H3,(H2,13,14). The van der Waals surface area contributed by atoms with Crippen molar-refractivity contribution in [3.63, 3.8) is 0 Å². The van der Waals surface area contributed by atoms with E-state index in [0.29, 0.717) is 4.47 Å². The molecule has 0 bridgehead atoms. The summed E-state index contributed by atoms with van der Waals surface area (Å²) < 4.78 is 28.5. The predicted octanol–water partition coefficient (Wildman–Crippen LogP) is 1.88. The van der Waals surface area contributed by atoms with Gasteiger partial charge in [0.2, 0.25) is 5.91 Å². The fourth-order valence-corrected chi connectivity index (χ4v) is 2.60. The Balaban J connectivity index is 3.00. The first-order valence-electron chi connectivity index (χ1n) is 4.88. The van der Waals surface area contributed by atoms with E-state index in [1.165, 1.54) is 12.1 Å². The molecule has 0 aliphatic rings. The maximum atomic E-state index is 11.4. The molecule has 0 aromatic heterocycles. The second-order valence-electron chi connectivity index (χ2n) is 3.64. The normalized spacial score (nSPS) is 13.1. The highest BCUT2D eigenvalue weighted by Crippen LogP contribution is 2.30. The number of carbonyl (C=O) groups excluding carboxylic acids is 1. The summed E-state index contributed by atoms with van der Waals surface area (Å²) in [5, 5.41) is 0. The van der Waals surface area contributed by atoms with Gasteiger partial charge in [-0.15, -0.1) is 0 Å². The van der Waals surface area contributed by atoms with Crippen molar-refractivity contribution < 1.29 is 17.9 Å². The van der Waals surface area contributed by atoms with Crippen molar-refractivity contribution in [3.05, 3.63) is 22.7 Å². The van der Waals surface area contributed by atoms with E-state index in [4.69, 9.17) is 21.2 Å². The number of primary amides is 1. The fourth-order valence-electron chi connectivity index (χ4n) is 1.09. The second-order valence-corrected chi connectivity index (χ2v) is 7.09. The van der Waals surface area contributed by atoms with Crippen LogP contribution in [-0.2, 0) is 13.8 Å². The van der Waals surface area contributed by atoms with Gasteiger partial charge in [-0.05, 0) is 18.2 Å². The van der Waals surface area contributed by atoms with Crippen LogP contribution < -0.4 is 10.5 Å². The summed E-state index contributed by atoms with van der Waals surface area (Å²) in [5.74, 6) is -0.969. The largest absolute Gasteiger partial charge is 0.491 e. The third kappa shape index (κ3) is 4.15. The molecule has 1 unspecified atom stereocenters. The Hall–Kier alpha value is -0.790. The second kappa shape index (κ2) is 5.90. The van der Waals surface area contributed by atoms with Crippen LogP contribution in [0, 0.1) is 5.92 Å². The number of amides is 1. The number of nitrogens with two attached hydrogens (primary N) is 1. The molecule has 1 aromatic carbocycles. The Bertz CT molecular complexity index is 561. The maximum Gasteiger partial charge on any atom is 0.265 e. The van der Waals surface area contributed by atoms with Gasteiger partial charge in [-0.3, -0.25) is 4.79 Å². The molecule has 0 fully saturated rings. The van der Waals surface area contributed by atoms with Crippen molar-refractivity contribution in [2.45, 2.75) is 11.8 Å². The minimum atomic E-state index is -3.92. The van der Waals surface area contributed by atoms with E-state index in [1.54, 1.807) is 13.0 Å². The van der Waals surface area contributed by atoms with Gasteiger partial charge in [-0.1, -0.05) is 22.9 Å².